The maximum absolute atomic E-state index is 13.3. The second kappa shape index (κ2) is 8.96. The molecule has 162 valence electrons. The van der Waals surface area contributed by atoms with E-state index in [1.165, 1.54) is 16.3 Å². The summed E-state index contributed by atoms with van der Waals surface area (Å²) in [6.07, 6.45) is 1.71. The van der Waals surface area contributed by atoms with E-state index < -0.39 is 5.25 Å². The molecule has 4 aromatic rings. The first-order chi connectivity index (χ1) is 15.3. The fraction of sp³-hybridized carbons (Fsp3) is 0.200. The van der Waals surface area contributed by atoms with E-state index in [4.69, 9.17) is 4.98 Å². The summed E-state index contributed by atoms with van der Waals surface area (Å²) in [4.78, 5) is 35.5. The Bertz CT molecular complexity index is 1340. The van der Waals surface area contributed by atoms with Crippen LogP contribution in [0, 0.1) is 20.8 Å². The summed E-state index contributed by atoms with van der Waals surface area (Å²) in [7, 11) is 0. The number of benzene rings is 2. The first-order valence-corrected chi connectivity index (χ1v) is 11.2. The average molecular weight is 445 g/mol. The minimum Gasteiger partial charge on any atom is -0.325 e. The number of aryl methyl sites for hydroxylation is 3. The van der Waals surface area contributed by atoms with E-state index in [1.54, 1.807) is 24.4 Å². The summed E-state index contributed by atoms with van der Waals surface area (Å²) in [5, 5.41) is 3.47. The molecule has 0 spiro atoms. The van der Waals surface area contributed by atoms with Crippen molar-refractivity contribution < 1.29 is 4.79 Å². The van der Waals surface area contributed by atoms with E-state index >= 15 is 0 Å². The predicted octanol–water partition coefficient (Wildman–Crippen LogP) is 4.83. The van der Waals surface area contributed by atoms with Crippen LogP contribution >= 0.6 is 11.8 Å². The lowest BCUT2D eigenvalue weighted by Gasteiger charge is -2.17. The van der Waals surface area contributed by atoms with Gasteiger partial charge in [0.1, 0.15) is 5.82 Å². The number of rotatable bonds is 5. The van der Waals surface area contributed by atoms with Crippen LogP contribution in [0.3, 0.4) is 0 Å². The molecule has 2 aromatic heterocycles. The Kier molecular flexibility index (Phi) is 6.10. The zero-order chi connectivity index (χ0) is 22.8. The quantitative estimate of drug-likeness (QED) is 0.353. The van der Waals surface area contributed by atoms with Gasteiger partial charge >= 0.3 is 0 Å². The minimum absolute atomic E-state index is 0.154. The van der Waals surface area contributed by atoms with Crippen molar-refractivity contribution in [3.05, 3.63) is 87.8 Å². The molecule has 1 N–H and O–H groups in total. The molecular weight excluding hydrogens is 420 g/mol. The Morgan fingerprint density at radius 1 is 1.00 bits per heavy atom. The number of nitrogens with zero attached hydrogens (tertiary/aromatic N) is 3. The van der Waals surface area contributed by atoms with E-state index in [0.29, 0.717) is 21.9 Å². The van der Waals surface area contributed by atoms with Crippen LogP contribution in [-0.2, 0) is 4.79 Å². The van der Waals surface area contributed by atoms with Crippen molar-refractivity contribution in [2.24, 2.45) is 0 Å². The topological polar surface area (TPSA) is 76.9 Å². The van der Waals surface area contributed by atoms with Crippen molar-refractivity contribution in [1.82, 2.24) is 14.5 Å². The lowest BCUT2D eigenvalue weighted by Crippen LogP contribution is -2.27. The van der Waals surface area contributed by atoms with Crippen LogP contribution < -0.4 is 10.9 Å². The zero-order valence-corrected chi connectivity index (χ0v) is 19.2. The fourth-order valence-corrected chi connectivity index (χ4v) is 4.35. The van der Waals surface area contributed by atoms with Gasteiger partial charge in [-0.2, -0.15) is 0 Å². The van der Waals surface area contributed by atoms with Gasteiger partial charge < -0.3 is 5.32 Å². The van der Waals surface area contributed by atoms with Gasteiger partial charge in [-0.15, -0.1) is 0 Å². The molecule has 2 heterocycles. The summed E-state index contributed by atoms with van der Waals surface area (Å²) >= 11 is 1.24. The van der Waals surface area contributed by atoms with Crippen molar-refractivity contribution >= 4 is 34.3 Å². The number of thioether (sulfide) groups is 1. The standard InChI is InChI=1S/C25H24N4O2S/c1-15-12-13-21(26-14-15)29-24(31)19-10-5-6-11-20(19)27-25(29)32-18(4)23(30)28-22-16(2)8-7-9-17(22)3/h5-14,18H,1-4H3,(H,28,30). The Hall–Kier alpha value is -3.45. The molecule has 0 bridgehead atoms. The van der Waals surface area contributed by atoms with Crippen molar-refractivity contribution in [2.45, 2.75) is 38.1 Å². The van der Waals surface area contributed by atoms with E-state index in [-0.39, 0.29) is 11.5 Å². The molecule has 0 fully saturated rings. The predicted molar refractivity (Wildman–Crippen MR) is 130 cm³/mol. The summed E-state index contributed by atoms with van der Waals surface area (Å²) in [6.45, 7) is 7.67. The lowest BCUT2D eigenvalue weighted by atomic mass is 10.1. The highest BCUT2D eigenvalue weighted by Gasteiger charge is 2.21. The summed E-state index contributed by atoms with van der Waals surface area (Å²) in [5.74, 6) is 0.321. The Balaban J connectivity index is 1.73. The van der Waals surface area contributed by atoms with Crippen molar-refractivity contribution in [2.75, 3.05) is 5.32 Å². The monoisotopic (exact) mass is 444 g/mol. The summed E-state index contributed by atoms with van der Waals surface area (Å²) in [6, 6.07) is 16.8. The maximum Gasteiger partial charge on any atom is 0.267 e. The second-order valence-electron chi connectivity index (χ2n) is 7.76. The molecule has 0 saturated heterocycles. The number of pyridine rings is 1. The molecule has 0 saturated carbocycles. The molecule has 1 unspecified atom stereocenters. The molecule has 0 aliphatic rings. The number of carbonyl (C=O) groups is 1. The van der Waals surface area contributed by atoms with E-state index in [9.17, 15) is 9.59 Å². The largest absolute Gasteiger partial charge is 0.325 e. The van der Waals surface area contributed by atoms with Gasteiger partial charge in [0.05, 0.1) is 16.2 Å². The number of nitrogens with one attached hydrogen (secondary N) is 1. The van der Waals surface area contributed by atoms with Crippen LogP contribution in [-0.4, -0.2) is 25.7 Å². The molecule has 1 atom stereocenters. The summed E-state index contributed by atoms with van der Waals surface area (Å²) < 4.78 is 1.48. The molecular formula is C25H24N4O2S. The van der Waals surface area contributed by atoms with E-state index in [1.807, 2.05) is 64.1 Å². The number of amides is 1. The second-order valence-corrected chi connectivity index (χ2v) is 9.07. The van der Waals surface area contributed by atoms with Crippen LogP contribution in [0.2, 0.25) is 0 Å². The normalized spacial score (nSPS) is 12.0. The molecule has 1 amide bonds. The van der Waals surface area contributed by atoms with Crippen LogP contribution in [0.25, 0.3) is 16.7 Å². The van der Waals surface area contributed by atoms with Gasteiger partial charge in [-0.05, 0) is 62.6 Å². The Labute approximate surface area is 190 Å². The van der Waals surface area contributed by atoms with Gasteiger partial charge in [-0.1, -0.05) is 48.2 Å². The lowest BCUT2D eigenvalue weighted by molar-refractivity contribution is -0.115. The average Bonchev–Trinajstić information content (AvgIpc) is 2.77. The van der Waals surface area contributed by atoms with Crippen molar-refractivity contribution in [3.8, 4) is 5.82 Å². The van der Waals surface area contributed by atoms with Crippen LogP contribution in [0.1, 0.15) is 23.6 Å². The van der Waals surface area contributed by atoms with E-state index in [0.717, 1.165) is 22.4 Å². The number of anilines is 1. The minimum atomic E-state index is -0.487. The third kappa shape index (κ3) is 4.29. The number of hydrogen-bond donors (Lipinski definition) is 1. The van der Waals surface area contributed by atoms with Gasteiger partial charge in [0.2, 0.25) is 5.91 Å². The first-order valence-electron chi connectivity index (χ1n) is 10.3. The number of para-hydroxylation sites is 2. The Morgan fingerprint density at radius 3 is 2.41 bits per heavy atom. The van der Waals surface area contributed by atoms with Gasteiger partial charge in [0.15, 0.2) is 5.16 Å². The van der Waals surface area contributed by atoms with Gasteiger partial charge in [-0.3, -0.25) is 9.59 Å². The third-order valence-corrected chi connectivity index (χ3v) is 6.30. The SMILES string of the molecule is Cc1ccc(-n2c(SC(C)C(=O)Nc3c(C)cccc3C)nc3ccccc3c2=O)nc1. The highest BCUT2D eigenvalue weighted by molar-refractivity contribution is 8.00. The smallest absolute Gasteiger partial charge is 0.267 e. The maximum atomic E-state index is 13.3. The number of fused-ring (bicyclic) bond motifs is 1. The fourth-order valence-electron chi connectivity index (χ4n) is 3.43. The molecule has 0 aliphatic heterocycles. The molecule has 2 aromatic carbocycles. The summed E-state index contributed by atoms with van der Waals surface area (Å²) in [5.41, 5.74) is 4.18. The Morgan fingerprint density at radius 2 is 1.72 bits per heavy atom. The van der Waals surface area contributed by atoms with Gasteiger partial charge in [0.25, 0.3) is 5.56 Å². The van der Waals surface area contributed by atoms with Crippen molar-refractivity contribution in [1.29, 1.82) is 0 Å². The molecule has 0 aliphatic carbocycles. The molecule has 32 heavy (non-hydrogen) atoms. The van der Waals surface area contributed by atoms with Crippen LogP contribution in [0.15, 0.2) is 70.7 Å². The van der Waals surface area contributed by atoms with E-state index in [2.05, 4.69) is 10.3 Å². The molecule has 6 nitrogen and oxygen atoms in total. The molecule has 7 heteroatoms. The van der Waals surface area contributed by atoms with Crippen LogP contribution in [0.4, 0.5) is 5.69 Å². The molecule has 4 rings (SSSR count). The van der Waals surface area contributed by atoms with Gasteiger partial charge in [-0.25, -0.2) is 14.5 Å². The number of hydrogen-bond acceptors (Lipinski definition) is 5. The zero-order valence-electron chi connectivity index (χ0n) is 18.4. The highest BCUT2D eigenvalue weighted by atomic mass is 32.2. The highest BCUT2D eigenvalue weighted by Crippen LogP contribution is 2.27. The van der Waals surface area contributed by atoms with Gasteiger partial charge in [0, 0.05) is 11.9 Å². The van der Waals surface area contributed by atoms with Crippen molar-refractivity contribution in [3.63, 3.8) is 0 Å². The van der Waals surface area contributed by atoms with Crippen LogP contribution in [0.5, 0.6) is 0 Å². The number of aromatic nitrogens is 3. The first kappa shape index (κ1) is 21.8. The number of carbonyl (C=O) groups excluding carboxylic acids is 1. The molecule has 0 radical (unpaired) electrons. The third-order valence-electron chi connectivity index (χ3n) is 5.25.